The minimum Gasteiger partial charge on any atom is -0.394 e. The molecule has 1 unspecified atom stereocenters. The summed E-state index contributed by atoms with van der Waals surface area (Å²) in [6, 6.07) is 0.414. The fraction of sp³-hybridized carbons (Fsp3) is 1.00. The van der Waals surface area contributed by atoms with Crippen molar-refractivity contribution in [2.75, 3.05) is 32.9 Å². The van der Waals surface area contributed by atoms with Crippen molar-refractivity contribution in [1.82, 2.24) is 10.6 Å². The van der Waals surface area contributed by atoms with Crippen molar-refractivity contribution in [3.63, 3.8) is 0 Å². The maximum Gasteiger partial charge on any atom is 0.0897 e. The van der Waals surface area contributed by atoms with Crippen LogP contribution in [0.2, 0.25) is 0 Å². The van der Waals surface area contributed by atoms with Crippen LogP contribution in [0.4, 0.5) is 0 Å². The molecule has 0 amide bonds. The third-order valence-corrected chi connectivity index (χ3v) is 2.35. The average molecular weight is 264 g/mol. The van der Waals surface area contributed by atoms with Crippen molar-refractivity contribution < 1.29 is 20.1 Å². The first kappa shape index (κ1) is 17.8. The van der Waals surface area contributed by atoms with Gasteiger partial charge in [-0.3, -0.25) is 0 Å². The van der Waals surface area contributed by atoms with Crippen molar-refractivity contribution in [1.29, 1.82) is 0 Å². The molecule has 0 saturated carbocycles. The summed E-state index contributed by atoms with van der Waals surface area (Å²) in [6.07, 6.45) is -1.25. The van der Waals surface area contributed by atoms with Gasteiger partial charge in [0.2, 0.25) is 0 Å². The Morgan fingerprint density at radius 2 is 1.56 bits per heavy atom. The number of nitrogens with one attached hydrogen (secondary N) is 2. The van der Waals surface area contributed by atoms with Crippen LogP contribution in [0.3, 0.4) is 0 Å². The molecule has 6 heteroatoms. The summed E-state index contributed by atoms with van der Waals surface area (Å²) < 4.78 is 5.36. The lowest BCUT2D eigenvalue weighted by atomic mass is 10.3. The molecule has 5 N–H and O–H groups in total. The molecule has 110 valence electrons. The lowest BCUT2D eigenvalue weighted by Gasteiger charge is -2.18. The quantitative estimate of drug-likeness (QED) is 0.318. The smallest absolute Gasteiger partial charge is 0.0897 e. The minimum absolute atomic E-state index is 0.0662. The van der Waals surface area contributed by atoms with Gasteiger partial charge in [0, 0.05) is 25.2 Å². The van der Waals surface area contributed by atoms with Gasteiger partial charge in [0.25, 0.3) is 0 Å². The number of hydrogen-bond acceptors (Lipinski definition) is 6. The highest BCUT2D eigenvalue weighted by Crippen LogP contribution is 1.90. The fourth-order valence-electron chi connectivity index (χ4n) is 1.27. The molecule has 0 aromatic carbocycles. The molecule has 0 aromatic rings. The molecular formula is C12H28N2O4. The van der Waals surface area contributed by atoms with Crippen LogP contribution in [0, 0.1) is 0 Å². The summed E-state index contributed by atoms with van der Waals surface area (Å²) in [7, 11) is 0. The molecule has 0 spiro atoms. The summed E-state index contributed by atoms with van der Waals surface area (Å²) in [5.74, 6) is 0. The molecule has 18 heavy (non-hydrogen) atoms. The van der Waals surface area contributed by atoms with E-state index in [2.05, 4.69) is 10.6 Å². The monoisotopic (exact) mass is 264 g/mol. The average Bonchev–Trinajstić information content (AvgIpc) is 2.33. The Kier molecular flexibility index (Phi) is 10.5. The van der Waals surface area contributed by atoms with Gasteiger partial charge < -0.3 is 30.7 Å². The molecule has 0 saturated heterocycles. The highest BCUT2D eigenvalue weighted by Gasteiger charge is 2.08. The van der Waals surface area contributed by atoms with Crippen LogP contribution >= 0.6 is 0 Å². The maximum atomic E-state index is 9.59. The van der Waals surface area contributed by atoms with Gasteiger partial charge in [-0.1, -0.05) is 13.8 Å². The van der Waals surface area contributed by atoms with Gasteiger partial charge in [-0.15, -0.1) is 0 Å². The van der Waals surface area contributed by atoms with Gasteiger partial charge in [0.15, 0.2) is 0 Å². The third kappa shape index (κ3) is 10.9. The molecule has 0 bridgehead atoms. The largest absolute Gasteiger partial charge is 0.394 e. The van der Waals surface area contributed by atoms with Crippen molar-refractivity contribution in [3.8, 4) is 0 Å². The van der Waals surface area contributed by atoms with Gasteiger partial charge >= 0.3 is 0 Å². The predicted molar refractivity (Wildman–Crippen MR) is 70.5 cm³/mol. The summed E-state index contributed by atoms with van der Waals surface area (Å²) in [4.78, 5) is 0. The van der Waals surface area contributed by atoms with E-state index in [4.69, 9.17) is 14.9 Å². The molecule has 0 heterocycles. The second-order valence-corrected chi connectivity index (χ2v) is 4.90. The molecule has 0 aromatic heterocycles. The van der Waals surface area contributed by atoms with Crippen molar-refractivity contribution in [3.05, 3.63) is 0 Å². The Hall–Kier alpha value is -0.240. The van der Waals surface area contributed by atoms with Gasteiger partial charge in [0.1, 0.15) is 0 Å². The molecule has 0 radical (unpaired) electrons. The van der Waals surface area contributed by atoms with Crippen LogP contribution in [0.25, 0.3) is 0 Å². The number of hydrogen-bond donors (Lipinski definition) is 5. The topological polar surface area (TPSA) is 94.0 Å². The number of aliphatic hydroxyl groups excluding tert-OH is 3. The Morgan fingerprint density at radius 1 is 0.944 bits per heavy atom. The fourth-order valence-corrected chi connectivity index (χ4v) is 1.27. The van der Waals surface area contributed by atoms with Gasteiger partial charge in [-0.2, -0.15) is 0 Å². The first-order valence-corrected chi connectivity index (χ1v) is 6.47. The summed E-state index contributed by atoms with van der Waals surface area (Å²) >= 11 is 0. The van der Waals surface area contributed by atoms with E-state index in [9.17, 15) is 5.11 Å². The van der Waals surface area contributed by atoms with Crippen LogP contribution in [0.1, 0.15) is 20.8 Å². The molecule has 0 rings (SSSR count). The maximum absolute atomic E-state index is 9.59. The second-order valence-electron chi connectivity index (χ2n) is 4.90. The highest BCUT2D eigenvalue weighted by molar-refractivity contribution is 4.65. The van der Waals surface area contributed by atoms with E-state index < -0.39 is 12.2 Å². The van der Waals surface area contributed by atoms with Gasteiger partial charge in [-0.05, 0) is 6.92 Å². The molecule has 0 aliphatic carbocycles. The van der Waals surface area contributed by atoms with E-state index in [0.717, 1.165) is 0 Å². The molecule has 0 aliphatic rings. The molecule has 6 nitrogen and oxygen atoms in total. The zero-order chi connectivity index (χ0) is 14.0. The van der Waals surface area contributed by atoms with E-state index >= 15 is 0 Å². The first-order chi connectivity index (χ1) is 8.45. The molecule has 3 atom stereocenters. The zero-order valence-corrected chi connectivity index (χ0v) is 11.6. The van der Waals surface area contributed by atoms with Gasteiger partial charge in [0.05, 0.1) is 32.0 Å². The number of rotatable bonds is 11. The zero-order valence-electron chi connectivity index (χ0n) is 11.6. The first-order valence-electron chi connectivity index (χ1n) is 6.47. The SMILES string of the molecule is CC(C)NC[C@H](O)COCC(C)NC[C@H](O)CO. The molecular weight excluding hydrogens is 236 g/mol. The normalized spacial score (nSPS) is 16.8. The van der Waals surface area contributed by atoms with Gasteiger partial charge in [-0.25, -0.2) is 0 Å². The van der Waals surface area contributed by atoms with Crippen LogP contribution < -0.4 is 10.6 Å². The van der Waals surface area contributed by atoms with Crippen LogP contribution in [-0.2, 0) is 4.74 Å². The summed E-state index contributed by atoms with van der Waals surface area (Å²) in [6.45, 7) is 7.30. The Balaban J connectivity index is 3.46. The van der Waals surface area contributed by atoms with Crippen LogP contribution in [-0.4, -0.2) is 72.5 Å². The van der Waals surface area contributed by atoms with Crippen LogP contribution in [0.15, 0.2) is 0 Å². The van der Waals surface area contributed by atoms with Crippen molar-refractivity contribution in [2.24, 2.45) is 0 Å². The number of aliphatic hydroxyl groups is 3. The van der Waals surface area contributed by atoms with E-state index in [1.807, 2.05) is 20.8 Å². The third-order valence-electron chi connectivity index (χ3n) is 2.35. The van der Waals surface area contributed by atoms with E-state index in [1.54, 1.807) is 0 Å². The summed E-state index contributed by atoms with van der Waals surface area (Å²) in [5, 5.41) is 33.5. The lowest BCUT2D eigenvalue weighted by Crippen LogP contribution is -2.39. The Bertz CT molecular complexity index is 193. The summed E-state index contributed by atoms with van der Waals surface area (Å²) in [5.41, 5.74) is 0. The Morgan fingerprint density at radius 3 is 2.11 bits per heavy atom. The molecule has 0 aliphatic heterocycles. The van der Waals surface area contributed by atoms with Crippen LogP contribution in [0.5, 0.6) is 0 Å². The standard InChI is InChI=1S/C12H28N2O4/c1-9(2)13-5-12(17)8-18-7-10(3)14-4-11(16)6-15/h9-17H,4-8H2,1-3H3/t10?,11-,12-/m0/s1. The van der Waals surface area contributed by atoms with Crippen molar-refractivity contribution >= 4 is 0 Å². The molecule has 0 fully saturated rings. The second kappa shape index (κ2) is 10.7. The highest BCUT2D eigenvalue weighted by atomic mass is 16.5. The lowest BCUT2D eigenvalue weighted by molar-refractivity contribution is 0.0258. The van der Waals surface area contributed by atoms with E-state index in [-0.39, 0.29) is 19.3 Å². The van der Waals surface area contributed by atoms with E-state index in [1.165, 1.54) is 0 Å². The Labute approximate surface area is 109 Å². The minimum atomic E-state index is -0.742. The van der Waals surface area contributed by atoms with Crippen molar-refractivity contribution in [2.45, 2.75) is 45.1 Å². The van der Waals surface area contributed by atoms with E-state index in [0.29, 0.717) is 25.7 Å². The number of ether oxygens (including phenoxy) is 1. The predicted octanol–water partition coefficient (Wildman–Crippen LogP) is -1.31.